The number of pyridine rings is 2. The zero-order chi connectivity index (χ0) is 20.6. The summed E-state index contributed by atoms with van der Waals surface area (Å²) in [6.07, 6.45) is -2.85. The number of carbonyl (C=O) groups is 1. The van der Waals surface area contributed by atoms with E-state index in [1.54, 1.807) is 24.4 Å². The summed E-state index contributed by atoms with van der Waals surface area (Å²) in [5, 5.41) is 3.07. The number of hydrogen-bond donors (Lipinski definition) is 2. The number of alkyl halides is 3. The fourth-order valence-electron chi connectivity index (χ4n) is 2.78. The molecular weight excluding hydrogens is 401 g/mol. The fraction of sp³-hybridized carbons (Fsp3) is 0.0500. The van der Waals surface area contributed by atoms with Crippen molar-refractivity contribution in [3.05, 3.63) is 71.2 Å². The van der Waals surface area contributed by atoms with Gasteiger partial charge in [0.2, 0.25) is 0 Å². The summed E-state index contributed by atoms with van der Waals surface area (Å²) in [7, 11) is 0. The van der Waals surface area contributed by atoms with Gasteiger partial charge in [0.1, 0.15) is 9.71 Å². The molecular formula is C20H13F3N4OS. The lowest BCUT2D eigenvalue weighted by Crippen LogP contribution is -2.13. The van der Waals surface area contributed by atoms with E-state index in [1.165, 1.54) is 12.1 Å². The Morgan fingerprint density at radius 1 is 1.03 bits per heavy atom. The van der Waals surface area contributed by atoms with Gasteiger partial charge in [-0.25, -0.2) is 4.98 Å². The Labute approximate surface area is 167 Å². The summed E-state index contributed by atoms with van der Waals surface area (Å²) in [6.45, 7) is 0. The molecule has 4 aromatic rings. The van der Waals surface area contributed by atoms with E-state index < -0.39 is 17.6 Å². The standard InChI is InChI=1S/C20H13F3N4OS/c21-20(22,23)11-4-3-5-12(10-11)26-18(28)17-16(24)13-7-8-15(27-19(13)29-17)14-6-1-2-9-25-14/h1-10H,24H2,(H,26,28). The van der Waals surface area contributed by atoms with Gasteiger partial charge in [-0.05, 0) is 42.5 Å². The molecule has 9 heteroatoms. The first-order valence-electron chi connectivity index (χ1n) is 8.42. The zero-order valence-corrected chi connectivity index (χ0v) is 15.5. The van der Waals surface area contributed by atoms with Crippen LogP contribution in [0.1, 0.15) is 15.2 Å². The van der Waals surface area contributed by atoms with Crippen LogP contribution in [0.4, 0.5) is 24.5 Å². The highest BCUT2D eigenvalue weighted by Gasteiger charge is 2.30. The highest BCUT2D eigenvalue weighted by Crippen LogP contribution is 2.35. The number of benzene rings is 1. The fourth-order valence-corrected chi connectivity index (χ4v) is 3.77. The highest BCUT2D eigenvalue weighted by atomic mass is 32.1. The number of nitrogens with one attached hydrogen (secondary N) is 1. The van der Waals surface area contributed by atoms with Gasteiger partial charge >= 0.3 is 6.18 Å². The predicted octanol–water partition coefficient (Wildman–Crippen LogP) is 5.21. The molecule has 3 heterocycles. The number of fused-ring (bicyclic) bond motifs is 1. The summed E-state index contributed by atoms with van der Waals surface area (Å²) < 4.78 is 38.6. The van der Waals surface area contributed by atoms with Crippen LogP contribution in [-0.2, 0) is 6.18 Å². The number of hydrogen-bond acceptors (Lipinski definition) is 5. The lowest BCUT2D eigenvalue weighted by atomic mass is 10.2. The molecule has 0 atom stereocenters. The Bertz CT molecular complexity index is 1210. The maximum Gasteiger partial charge on any atom is 0.416 e. The van der Waals surface area contributed by atoms with Crippen molar-refractivity contribution in [3.63, 3.8) is 0 Å². The molecule has 0 bridgehead atoms. The minimum absolute atomic E-state index is 0.0313. The van der Waals surface area contributed by atoms with Crippen LogP contribution >= 0.6 is 11.3 Å². The largest absolute Gasteiger partial charge is 0.416 e. The lowest BCUT2D eigenvalue weighted by Gasteiger charge is -2.09. The summed E-state index contributed by atoms with van der Waals surface area (Å²) in [5.41, 5.74) is 6.82. The SMILES string of the molecule is Nc1c(C(=O)Nc2cccc(C(F)(F)F)c2)sc2nc(-c3ccccn3)ccc12. The number of nitrogens with zero attached hydrogens (tertiary/aromatic N) is 2. The third-order valence-corrected chi connectivity index (χ3v) is 5.29. The minimum atomic E-state index is -4.50. The second-order valence-electron chi connectivity index (χ2n) is 6.14. The first-order chi connectivity index (χ1) is 13.8. The van der Waals surface area contributed by atoms with Crippen LogP contribution in [0.15, 0.2) is 60.8 Å². The van der Waals surface area contributed by atoms with E-state index in [4.69, 9.17) is 5.73 Å². The maximum absolute atomic E-state index is 12.9. The Morgan fingerprint density at radius 3 is 2.59 bits per heavy atom. The van der Waals surface area contributed by atoms with Gasteiger partial charge in [-0.1, -0.05) is 12.1 Å². The maximum atomic E-state index is 12.9. The molecule has 0 saturated heterocycles. The van der Waals surface area contributed by atoms with Crippen molar-refractivity contribution >= 4 is 38.8 Å². The van der Waals surface area contributed by atoms with Crippen LogP contribution in [0.25, 0.3) is 21.6 Å². The van der Waals surface area contributed by atoms with Gasteiger partial charge < -0.3 is 11.1 Å². The number of nitrogens with two attached hydrogens (primary N) is 1. The first-order valence-corrected chi connectivity index (χ1v) is 9.23. The molecule has 1 amide bonds. The molecule has 146 valence electrons. The van der Waals surface area contributed by atoms with Crippen molar-refractivity contribution < 1.29 is 18.0 Å². The molecule has 4 rings (SSSR count). The van der Waals surface area contributed by atoms with Crippen molar-refractivity contribution in [3.8, 4) is 11.4 Å². The van der Waals surface area contributed by atoms with E-state index in [0.29, 0.717) is 21.6 Å². The van der Waals surface area contributed by atoms with Crippen molar-refractivity contribution in [1.29, 1.82) is 0 Å². The third kappa shape index (κ3) is 3.77. The molecule has 29 heavy (non-hydrogen) atoms. The molecule has 1 aromatic carbocycles. The number of thiophene rings is 1. The van der Waals surface area contributed by atoms with E-state index in [1.807, 2.05) is 12.1 Å². The quantitative estimate of drug-likeness (QED) is 0.482. The second kappa shape index (κ2) is 7.17. The Kier molecular flexibility index (Phi) is 4.67. The van der Waals surface area contributed by atoms with Crippen molar-refractivity contribution in [2.45, 2.75) is 6.18 Å². The Hall–Kier alpha value is -3.46. The molecule has 3 aromatic heterocycles. The molecule has 5 nitrogen and oxygen atoms in total. The van der Waals surface area contributed by atoms with Gasteiger partial charge in [-0.3, -0.25) is 9.78 Å². The van der Waals surface area contributed by atoms with Gasteiger partial charge in [0.15, 0.2) is 0 Å². The number of amides is 1. The summed E-state index contributed by atoms with van der Waals surface area (Å²) in [6, 6.07) is 13.4. The normalized spacial score (nSPS) is 11.6. The topological polar surface area (TPSA) is 80.9 Å². The van der Waals surface area contributed by atoms with E-state index in [-0.39, 0.29) is 16.3 Å². The monoisotopic (exact) mass is 414 g/mol. The summed E-state index contributed by atoms with van der Waals surface area (Å²) in [5.74, 6) is -0.593. The van der Waals surface area contributed by atoms with Gasteiger partial charge in [0, 0.05) is 17.3 Å². The van der Waals surface area contributed by atoms with E-state index in [9.17, 15) is 18.0 Å². The van der Waals surface area contributed by atoms with Crippen LogP contribution in [0.3, 0.4) is 0 Å². The Balaban J connectivity index is 1.65. The van der Waals surface area contributed by atoms with E-state index >= 15 is 0 Å². The highest BCUT2D eigenvalue weighted by molar-refractivity contribution is 7.21. The second-order valence-corrected chi connectivity index (χ2v) is 7.14. The molecule has 0 fully saturated rings. The zero-order valence-electron chi connectivity index (χ0n) is 14.7. The molecule has 0 aliphatic rings. The summed E-state index contributed by atoms with van der Waals surface area (Å²) in [4.78, 5) is 22.1. The van der Waals surface area contributed by atoms with Gasteiger partial charge in [-0.2, -0.15) is 13.2 Å². The number of aromatic nitrogens is 2. The number of carbonyl (C=O) groups excluding carboxylic acids is 1. The average Bonchev–Trinajstić information content (AvgIpc) is 3.04. The third-order valence-electron chi connectivity index (χ3n) is 4.18. The van der Waals surface area contributed by atoms with Crippen LogP contribution < -0.4 is 11.1 Å². The van der Waals surface area contributed by atoms with E-state index in [2.05, 4.69) is 15.3 Å². The number of halogens is 3. The predicted molar refractivity (Wildman–Crippen MR) is 107 cm³/mol. The smallest absolute Gasteiger partial charge is 0.397 e. The molecule has 0 aliphatic heterocycles. The number of anilines is 2. The molecule has 0 radical (unpaired) electrons. The summed E-state index contributed by atoms with van der Waals surface area (Å²) >= 11 is 1.07. The van der Waals surface area contributed by atoms with Gasteiger partial charge in [-0.15, -0.1) is 11.3 Å². The van der Waals surface area contributed by atoms with Gasteiger partial charge in [0.05, 0.1) is 22.6 Å². The van der Waals surface area contributed by atoms with Crippen LogP contribution in [0.2, 0.25) is 0 Å². The molecule has 0 spiro atoms. The number of rotatable bonds is 3. The molecule has 0 unspecified atom stereocenters. The van der Waals surface area contributed by atoms with Crippen molar-refractivity contribution in [2.24, 2.45) is 0 Å². The van der Waals surface area contributed by atoms with Crippen LogP contribution in [-0.4, -0.2) is 15.9 Å². The van der Waals surface area contributed by atoms with Gasteiger partial charge in [0.25, 0.3) is 5.91 Å². The number of nitrogen functional groups attached to an aromatic ring is 1. The molecule has 3 N–H and O–H groups in total. The van der Waals surface area contributed by atoms with Crippen molar-refractivity contribution in [1.82, 2.24) is 9.97 Å². The minimum Gasteiger partial charge on any atom is -0.397 e. The first kappa shape index (κ1) is 18.9. The van der Waals surface area contributed by atoms with E-state index in [0.717, 1.165) is 23.5 Å². The van der Waals surface area contributed by atoms with Crippen LogP contribution in [0.5, 0.6) is 0 Å². The Morgan fingerprint density at radius 2 is 1.86 bits per heavy atom. The molecule has 0 aliphatic carbocycles. The van der Waals surface area contributed by atoms with Crippen LogP contribution in [0, 0.1) is 0 Å². The lowest BCUT2D eigenvalue weighted by molar-refractivity contribution is -0.137. The van der Waals surface area contributed by atoms with Crippen molar-refractivity contribution in [2.75, 3.05) is 11.1 Å². The average molecular weight is 414 g/mol. The molecule has 0 saturated carbocycles.